The minimum absolute atomic E-state index is 0.00153. The monoisotopic (exact) mass is 532 g/mol. The second-order valence-corrected chi connectivity index (χ2v) is 7.56. The number of carbonyl (C=O) groups is 2. The van der Waals surface area contributed by atoms with Crippen LogP contribution in [-0.4, -0.2) is 39.0 Å². The van der Waals surface area contributed by atoms with E-state index in [-0.39, 0.29) is 34.3 Å². The molecule has 0 atom stereocenters. The molecule has 0 bridgehead atoms. The van der Waals surface area contributed by atoms with Gasteiger partial charge in [0.05, 0.1) is 28.7 Å². The number of ether oxygens (including phenoxy) is 1. The Hall–Kier alpha value is -5.21. The molecular formula is C23H18F4N7O4+. The van der Waals surface area contributed by atoms with Crippen molar-refractivity contribution in [1.82, 2.24) is 20.1 Å². The van der Waals surface area contributed by atoms with Crippen molar-refractivity contribution in [2.45, 2.75) is 6.18 Å². The van der Waals surface area contributed by atoms with Gasteiger partial charge >= 0.3 is 23.8 Å². The fraction of sp³-hybridized carbons (Fsp3) is 0.0870. The average molecular weight is 532 g/mol. The highest BCUT2D eigenvalue weighted by Crippen LogP contribution is 2.33. The van der Waals surface area contributed by atoms with Gasteiger partial charge in [-0.25, -0.2) is 18.9 Å². The maximum atomic E-state index is 14.7. The lowest BCUT2D eigenvalue weighted by Gasteiger charge is -2.15. The summed E-state index contributed by atoms with van der Waals surface area (Å²) in [6.07, 6.45) is -1.13. The molecule has 38 heavy (non-hydrogen) atoms. The van der Waals surface area contributed by atoms with Gasteiger partial charge in [0.2, 0.25) is 6.20 Å². The smallest absolute Gasteiger partial charge is 0.416 e. The van der Waals surface area contributed by atoms with Gasteiger partial charge in [-0.2, -0.15) is 18.3 Å². The van der Waals surface area contributed by atoms with Crippen LogP contribution in [0.15, 0.2) is 67.4 Å². The number of aromatic nitrogens is 4. The Morgan fingerprint density at radius 1 is 1.03 bits per heavy atom. The molecule has 11 nitrogen and oxygen atoms in total. The highest BCUT2D eigenvalue weighted by molar-refractivity contribution is 6.01. The number of halogens is 4. The number of amides is 3. The molecule has 0 fully saturated rings. The second-order valence-electron chi connectivity index (χ2n) is 7.56. The number of urea groups is 1. The minimum atomic E-state index is -4.67. The van der Waals surface area contributed by atoms with Crippen LogP contribution in [0.4, 0.5) is 33.7 Å². The lowest BCUT2D eigenvalue weighted by Crippen LogP contribution is -2.40. The van der Waals surface area contributed by atoms with E-state index >= 15 is 0 Å². The Balaban J connectivity index is 1.51. The summed E-state index contributed by atoms with van der Waals surface area (Å²) in [6, 6.07) is 7.59. The third-order valence-electron chi connectivity index (χ3n) is 5.03. The van der Waals surface area contributed by atoms with Gasteiger partial charge in [-0.1, -0.05) is 0 Å². The van der Waals surface area contributed by atoms with Crippen molar-refractivity contribution >= 4 is 23.3 Å². The first-order valence-corrected chi connectivity index (χ1v) is 10.6. The molecule has 2 heterocycles. The van der Waals surface area contributed by atoms with Gasteiger partial charge in [0.15, 0.2) is 0 Å². The number of hydrogen-bond donors (Lipinski definition) is 4. The molecule has 0 radical (unpaired) electrons. The van der Waals surface area contributed by atoms with Gasteiger partial charge in [-0.05, 0) is 30.3 Å². The summed E-state index contributed by atoms with van der Waals surface area (Å²) in [5.74, 6) is -1.41. The lowest BCUT2D eigenvalue weighted by molar-refractivity contribution is -0.905. The van der Waals surface area contributed by atoms with E-state index in [9.17, 15) is 32.4 Å². The normalized spacial score (nSPS) is 11.1. The molecule has 4 N–H and O–H groups in total. The molecule has 0 saturated carbocycles. The molecule has 15 heteroatoms. The summed E-state index contributed by atoms with van der Waals surface area (Å²) in [5.41, 5.74) is -1.60. The fourth-order valence-corrected chi connectivity index (χ4v) is 3.25. The lowest BCUT2D eigenvalue weighted by atomic mass is 10.1. The maximum absolute atomic E-state index is 14.7. The molecule has 0 unspecified atom stereocenters. The molecule has 0 saturated heterocycles. The summed E-state index contributed by atoms with van der Waals surface area (Å²) < 4.78 is 61.6. The van der Waals surface area contributed by atoms with Crippen LogP contribution < -0.4 is 25.4 Å². The number of carbonyl (C=O) groups excluding carboxylic acids is 2. The maximum Gasteiger partial charge on any atom is 0.416 e. The molecule has 196 valence electrons. The third-order valence-corrected chi connectivity index (χ3v) is 5.03. The molecular weight excluding hydrogens is 514 g/mol. The van der Waals surface area contributed by atoms with Crippen molar-refractivity contribution in [2.75, 3.05) is 17.7 Å². The molecule has 0 spiro atoms. The number of pyridine rings is 1. The first-order chi connectivity index (χ1) is 18.0. The van der Waals surface area contributed by atoms with E-state index in [0.717, 1.165) is 35.4 Å². The van der Waals surface area contributed by atoms with Gasteiger partial charge < -0.3 is 20.7 Å². The average Bonchev–Trinajstić information content (AvgIpc) is 3.40. The van der Waals surface area contributed by atoms with E-state index in [2.05, 4.69) is 26.0 Å². The minimum Gasteiger partial charge on any atom is -0.457 e. The Bertz CT molecular complexity index is 1490. The second kappa shape index (κ2) is 10.4. The van der Waals surface area contributed by atoms with Gasteiger partial charge in [0, 0.05) is 23.9 Å². The molecule has 2 aromatic carbocycles. The molecule has 0 aliphatic rings. The van der Waals surface area contributed by atoms with E-state index in [1.807, 2.05) is 0 Å². The van der Waals surface area contributed by atoms with Crippen molar-refractivity contribution in [3.63, 3.8) is 0 Å². The fourth-order valence-electron chi connectivity index (χ4n) is 3.25. The largest absolute Gasteiger partial charge is 0.457 e. The third kappa shape index (κ3) is 5.77. The van der Waals surface area contributed by atoms with Crippen LogP contribution >= 0.6 is 0 Å². The quantitative estimate of drug-likeness (QED) is 0.170. The molecule has 2 aromatic heterocycles. The van der Waals surface area contributed by atoms with Gasteiger partial charge in [-0.15, -0.1) is 0 Å². The number of anilines is 2. The van der Waals surface area contributed by atoms with Crippen LogP contribution in [0.25, 0.3) is 5.69 Å². The van der Waals surface area contributed by atoms with Crippen molar-refractivity contribution in [2.24, 2.45) is 0 Å². The van der Waals surface area contributed by atoms with E-state index < -0.39 is 29.5 Å². The number of alkyl halides is 3. The summed E-state index contributed by atoms with van der Waals surface area (Å²) in [4.78, 5) is 28.1. The van der Waals surface area contributed by atoms with Crippen LogP contribution in [-0.2, 0) is 6.18 Å². The number of nitrogens with zero attached hydrogens (tertiary/aromatic N) is 4. The summed E-state index contributed by atoms with van der Waals surface area (Å²) in [7, 11) is 1.37. The molecule has 0 aliphatic carbocycles. The Morgan fingerprint density at radius 3 is 2.42 bits per heavy atom. The van der Waals surface area contributed by atoms with E-state index in [1.54, 1.807) is 0 Å². The van der Waals surface area contributed by atoms with Crippen molar-refractivity contribution in [3.05, 3.63) is 84.5 Å². The van der Waals surface area contributed by atoms with Crippen LogP contribution in [0.3, 0.4) is 0 Å². The van der Waals surface area contributed by atoms with E-state index in [4.69, 9.17) is 4.74 Å². The Morgan fingerprint density at radius 2 is 1.76 bits per heavy atom. The summed E-state index contributed by atoms with van der Waals surface area (Å²) >= 11 is 0. The zero-order valence-electron chi connectivity index (χ0n) is 19.3. The zero-order chi connectivity index (χ0) is 27.4. The summed E-state index contributed by atoms with van der Waals surface area (Å²) in [6.45, 7) is 0. The first kappa shape index (κ1) is 25.9. The highest BCUT2D eigenvalue weighted by atomic mass is 19.4. The highest BCUT2D eigenvalue weighted by Gasteiger charge is 2.31. The number of benzene rings is 2. The Kier molecular flexibility index (Phi) is 7.09. The SMILES string of the molecule is CNC(=O)c1cc(Oc2ccc(NC(=O)Nc3cc(C(F)(F)F)ccc3-n3cncn3)c(F)c2)cc[n+]1O. The molecule has 4 aromatic rings. The van der Waals surface area contributed by atoms with Gasteiger partial charge in [0.25, 0.3) is 0 Å². The number of nitrogens with one attached hydrogen (secondary N) is 3. The number of hydrogen-bond acceptors (Lipinski definition) is 6. The van der Waals surface area contributed by atoms with Crippen molar-refractivity contribution in [1.29, 1.82) is 0 Å². The number of rotatable bonds is 6. The van der Waals surface area contributed by atoms with Crippen LogP contribution in [0, 0.1) is 5.82 Å². The van der Waals surface area contributed by atoms with Gasteiger partial charge in [-0.3, -0.25) is 10.0 Å². The van der Waals surface area contributed by atoms with Crippen LogP contribution in [0.1, 0.15) is 16.1 Å². The topological polar surface area (TPSA) is 134 Å². The van der Waals surface area contributed by atoms with Crippen LogP contribution in [0.2, 0.25) is 0 Å². The standard InChI is InChI=1S/C23H17F4N7O4/c1-28-21(35)20-10-15(6-7-34(20)37)38-14-3-4-17(16(24)9-14)31-22(36)32-18-8-13(23(25,26)27)2-5-19(18)33-12-29-11-30-33/h2-12H,1H3,(H3-,28,31,32,35,36,37)/p+1. The first-order valence-electron chi connectivity index (χ1n) is 10.6. The van der Waals surface area contributed by atoms with Gasteiger partial charge in [0.1, 0.15) is 30.0 Å². The van der Waals surface area contributed by atoms with Crippen molar-refractivity contribution in [3.8, 4) is 17.2 Å². The predicted molar refractivity (Wildman–Crippen MR) is 123 cm³/mol. The zero-order valence-corrected chi connectivity index (χ0v) is 19.3. The molecule has 0 aliphatic heterocycles. The van der Waals surface area contributed by atoms with E-state index in [1.165, 1.54) is 37.6 Å². The predicted octanol–water partition coefficient (Wildman–Crippen LogP) is 3.75. The van der Waals surface area contributed by atoms with Crippen LogP contribution in [0.5, 0.6) is 11.5 Å². The molecule has 4 rings (SSSR count). The van der Waals surface area contributed by atoms with Crippen molar-refractivity contribution < 1.29 is 41.8 Å². The molecule has 3 amide bonds. The summed E-state index contributed by atoms with van der Waals surface area (Å²) in [5, 5.41) is 20.4. The van der Waals surface area contributed by atoms with E-state index in [0.29, 0.717) is 10.8 Å². The Labute approximate surface area is 211 Å².